The molecule has 0 radical (unpaired) electrons. The molecule has 1 N–H and O–H groups in total. The van der Waals surface area contributed by atoms with Crippen LogP contribution in [0.2, 0.25) is 0 Å². The van der Waals surface area contributed by atoms with E-state index in [0.29, 0.717) is 11.1 Å². The van der Waals surface area contributed by atoms with Gasteiger partial charge in [0.1, 0.15) is 0 Å². The fourth-order valence-corrected chi connectivity index (χ4v) is 2.03. The molecule has 0 saturated heterocycles. The smallest absolute Gasteiger partial charge is 0.338 e. The highest BCUT2D eigenvalue weighted by molar-refractivity contribution is 5.95. The van der Waals surface area contributed by atoms with E-state index in [4.69, 9.17) is 10.00 Å². The molecule has 2 aromatic rings. The van der Waals surface area contributed by atoms with Crippen molar-refractivity contribution in [3.05, 3.63) is 65.2 Å². The van der Waals surface area contributed by atoms with Crippen LogP contribution in [-0.4, -0.2) is 18.5 Å². The molecule has 116 valence electrons. The second kappa shape index (κ2) is 7.76. The van der Waals surface area contributed by atoms with Crippen molar-refractivity contribution in [1.29, 1.82) is 5.26 Å². The van der Waals surface area contributed by atoms with Crippen molar-refractivity contribution in [2.24, 2.45) is 0 Å². The van der Waals surface area contributed by atoms with Crippen LogP contribution in [0.25, 0.3) is 0 Å². The van der Waals surface area contributed by atoms with E-state index in [1.165, 1.54) is 24.3 Å². The van der Waals surface area contributed by atoms with Crippen molar-refractivity contribution in [2.45, 2.75) is 13.3 Å². The SMILES string of the molecule is CCc1ccccc1NC(=O)COC(=O)c1ccc(C#N)cc1. The number of nitrogens with zero attached hydrogens (tertiary/aromatic N) is 1. The summed E-state index contributed by atoms with van der Waals surface area (Å²) in [5, 5.41) is 11.4. The molecule has 0 atom stereocenters. The summed E-state index contributed by atoms with van der Waals surface area (Å²) in [4.78, 5) is 23.7. The summed E-state index contributed by atoms with van der Waals surface area (Å²) in [7, 11) is 0. The molecule has 0 aliphatic heterocycles. The number of aryl methyl sites for hydroxylation is 1. The molecule has 2 aromatic carbocycles. The van der Waals surface area contributed by atoms with E-state index in [-0.39, 0.29) is 6.61 Å². The minimum atomic E-state index is -0.603. The average Bonchev–Trinajstić information content (AvgIpc) is 2.60. The Kier molecular flexibility index (Phi) is 5.48. The molecular weight excluding hydrogens is 292 g/mol. The monoisotopic (exact) mass is 308 g/mol. The molecule has 23 heavy (non-hydrogen) atoms. The van der Waals surface area contributed by atoms with E-state index < -0.39 is 11.9 Å². The number of nitrogens with one attached hydrogen (secondary N) is 1. The van der Waals surface area contributed by atoms with Crippen LogP contribution in [0, 0.1) is 11.3 Å². The fourth-order valence-electron chi connectivity index (χ4n) is 2.03. The molecule has 0 saturated carbocycles. The van der Waals surface area contributed by atoms with Crippen LogP contribution in [0.15, 0.2) is 48.5 Å². The Morgan fingerprint density at radius 2 is 1.83 bits per heavy atom. The van der Waals surface area contributed by atoms with Gasteiger partial charge in [0.15, 0.2) is 6.61 Å². The molecule has 5 nitrogen and oxygen atoms in total. The second-order valence-corrected chi connectivity index (χ2v) is 4.82. The summed E-state index contributed by atoms with van der Waals surface area (Å²) in [6.45, 7) is 1.63. The second-order valence-electron chi connectivity index (χ2n) is 4.82. The van der Waals surface area contributed by atoms with E-state index >= 15 is 0 Å². The maximum atomic E-state index is 11.9. The van der Waals surface area contributed by atoms with Gasteiger partial charge in [0.25, 0.3) is 5.91 Å². The van der Waals surface area contributed by atoms with Gasteiger partial charge in [-0.3, -0.25) is 4.79 Å². The highest BCUT2D eigenvalue weighted by atomic mass is 16.5. The maximum Gasteiger partial charge on any atom is 0.338 e. The molecule has 0 aromatic heterocycles. The van der Waals surface area contributed by atoms with Crippen LogP contribution in [0.3, 0.4) is 0 Å². The first-order chi connectivity index (χ1) is 11.1. The molecule has 2 rings (SSSR count). The molecule has 0 aliphatic rings. The summed E-state index contributed by atoms with van der Waals surface area (Å²) in [5.74, 6) is -0.999. The van der Waals surface area contributed by atoms with Gasteiger partial charge in [-0.25, -0.2) is 4.79 Å². The van der Waals surface area contributed by atoms with Gasteiger partial charge in [0.05, 0.1) is 17.2 Å². The number of esters is 1. The normalized spacial score (nSPS) is 9.74. The number of nitriles is 1. The predicted octanol–water partition coefficient (Wildman–Crippen LogP) is 2.92. The molecule has 0 bridgehead atoms. The number of ether oxygens (including phenoxy) is 1. The van der Waals surface area contributed by atoms with Crippen LogP contribution in [0.4, 0.5) is 5.69 Å². The maximum absolute atomic E-state index is 11.9. The van der Waals surface area contributed by atoms with E-state index in [1.54, 1.807) is 6.07 Å². The predicted molar refractivity (Wildman–Crippen MR) is 85.9 cm³/mol. The van der Waals surface area contributed by atoms with Crippen LogP contribution in [0.1, 0.15) is 28.4 Å². The third-order valence-electron chi connectivity index (χ3n) is 3.26. The van der Waals surface area contributed by atoms with Gasteiger partial charge >= 0.3 is 5.97 Å². The van der Waals surface area contributed by atoms with E-state index in [1.807, 2.05) is 31.2 Å². The third kappa shape index (κ3) is 4.42. The van der Waals surface area contributed by atoms with Gasteiger partial charge in [0, 0.05) is 5.69 Å². The lowest BCUT2D eigenvalue weighted by atomic mass is 10.1. The first-order valence-electron chi connectivity index (χ1n) is 7.19. The molecule has 5 heteroatoms. The zero-order valence-corrected chi connectivity index (χ0v) is 12.7. The summed E-state index contributed by atoms with van der Waals surface area (Å²) >= 11 is 0. The van der Waals surface area contributed by atoms with Crippen molar-refractivity contribution in [1.82, 2.24) is 0 Å². The van der Waals surface area contributed by atoms with Crippen LogP contribution >= 0.6 is 0 Å². The Morgan fingerprint density at radius 1 is 1.13 bits per heavy atom. The molecule has 1 amide bonds. The standard InChI is InChI=1S/C18H16N2O3/c1-2-14-5-3-4-6-16(14)20-17(21)12-23-18(22)15-9-7-13(11-19)8-10-15/h3-10H,2,12H2,1H3,(H,20,21). The first kappa shape index (κ1) is 16.2. The summed E-state index contributed by atoms with van der Waals surface area (Å²) < 4.78 is 4.98. The van der Waals surface area contributed by atoms with Crippen molar-refractivity contribution in [3.8, 4) is 6.07 Å². The minimum Gasteiger partial charge on any atom is -0.452 e. The number of benzene rings is 2. The van der Waals surface area contributed by atoms with Crippen LogP contribution in [0.5, 0.6) is 0 Å². The van der Waals surface area contributed by atoms with E-state index in [2.05, 4.69) is 5.32 Å². The number of hydrogen-bond donors (Lipinski definition) is 1. The Labute approximate surface area is 134 Å². The van der Waals surface area contributed by atoms with Crippen LogP contribution in [-0.2, 0) is 16.0 Å². The number of anilines is 1. The summed E-state index contributed by atoms with van der Waals surface area (Å²) in [6, 6.07) is 15.5. The molecule has 0 heterocycles. The van der Waals surface area contributed by atoms with Gasteiger partial charge in [-0.15, -0.1) is 0 Å². The summed E-state index contributed by atoms with van der Waals surface area (Å²) in [6.07, 6.45) is 0.793. The quantitative estimate of drug-likeness (QED) is 0.861. The lowest BCUT2D eigenvalue weighted by Gasteiger charge is -2.10. The first-order valence-corrected chi connectivity index (χ1v) is 7.19. The van der Waals surface area contributed by atoms with Crippen molar-refractivity contribution in [3.63, 3.8) is 0 Å². The van der Waals surface area contributed by atoms with Crippen molar-refractivity contribution >= 4 is 17.6 Å². The Balaban J connectivity index is 1.91. The Hall–Kier alpha value is -3.13. The topological polar surface area (TPSA) is 79.2 Å². The number of amides is 1. The fraction of sp³-hybridized carbons (Fsp3) is 0.167. The largest absolute Gasteiger partial charge is 0.452 e. The number of hydrogen-bond acceptors (Lipinski definition) is 4. The van der Waals surface area contributed by atoms with Gasteiger partial charge in [-0.1, -0.05) is 25.1 Å². The van der Waals surface area contributed by atoms with E-state index in [9.17, 15) is 9.59 Å². The van der Waals surface area contributed by atoms with Crippen LogP contribution < -0.4 is 5.32 Å². The number of para-hydroxylation sites is 1. The summed E-state index contributed by atoms with van der Waals surface area (Å²) in [5.41, 5.74) is 2.48. The number of carbonyl (C=O) groups is 2. The van der Waals surface area contributed by atoms with Gasteiger partial charge in [0.2, 0.25) is 0 Å². The number of rotatable bonds is 5. The Bertz CT molecular complexity index is 746. The molecular formula is C18H16N2O3. The highest BCUT2D eigenvalue weighted by Crippen LogP contribution is 2.15. The van der Waals surface area contributed by atoms with Gasteiger partial charge in [-0.05, 0) is 42.3 Å². The average molecular weight is 308 g/mol. The lowest BCUT2D eigenvalue weighted by molar-refractivity contribution is -0.119. The van der Waals surface area contributed by atoms with Crippen molar-refractivity contribution < 1.29 is 14.3 Å². The van der Waals surface area contributed by atoms with Gasteiger partial charge in [-0.2, -0.15) is 5.26 Å². The van der Waals surface area contributed by atoms with Crippen molar-refractivity contribution in [2.75, 3.05) is 11.9 Å². The Morgan fingerprint density at radius 3 is 2.48 bits per heavy atom. The van der Waals surface area contributed by atoms with E-state index in [0.717, 1.165) is 17.7 Å². The highest BCUT2D eigenvalue weighted by Gasteiger charge is 2.11. The number of carbonyl (C=O) groups excluding carboxylic acids is 2. The minimum absolute atomic E-state index is 0.297. The zero-order chi connectivity index (χ0) is 16.7. The molecule has 0 spiro atoms. The lowest BCUT2D eigenvalue weighted by Crippen LogP contribution is -2.21. The van der Waals surface area contributed by atoms with Gasteiger partial charge < -0.3 is 10.1 Å². The third-order valence-corrected chi connectivity index (χ3v) is 3.26. The zero-order valence-electron chi connectivity index (χ0n) is 12.7. The molecule has 0 aliphatic carbocycles. The molecule has 0 unspecified atom stereocenters. The molecule has 0 fully saturated rings.